The summed E-state index contributed by atoms with van der Waals surface area (Å²) < 4.78 is 0. The van der Waals surface area contributed by atoms with E-state index in [1.54, 1.807) is 0 Å². The van der Waals surface area contributed by atoms with Crippen molar-refractivity contribution >= 4 is 6.03 Å². The third-order valence-electron chi connectivity index (χ3n) is 3.78. The molecule has 0 aromatic heterocycles. The van der Waals surface area contributed by atoms with Crippen LogP contribution < -0.4 is 5.32 Å². The monoisotopic (exact) mass is 223 g/mol. The zero-order valence-corrected chi connectivity index (χ0v) is 9.82. The molecule has 4 nitrogen and oxygen atoms in total. The normalized spacial score (nSPS) is 26.9. The van der Waals surface area contributed by atoms with Crippen LogP contribution in [0.15, 0.2) is 0 Å². The van der Waals surface area contributed by atoms with E-state index in [-0.39, 0.29) is 6.03 Å². The second kappa shape index (κ2) is 4.24. The van der Waals surface area contributed by atoms with E-state index in [9.17, 15) is 4.79 Å². The van der Waals surface area contributed by atoms with Gasteiger partial charge in [-0.15, -0.1) is 0 Å². The number of urea groups is 1. The smallest absolute Gasteiger partial charge is 0.317 e. The molecule has 3 fully saturated rings. The maximum Gasteiger partial charge on any atom is 0.317 e. The van der Waals surface area contributed by atoms with Crippen molar-refractivity contribution in [1.82, 2.24) is 15.1 Å². The summed E-state index contributed by atoms with van der Waals surface area (Å²) in [6.07, 6.45) is 5.19. The SMILES string of the molecule is O=C(NC1CC1)N1CCN(CC2CC2)CC1. The molecular weight excluding hydrogens is 202 g/mol. The molecule has 0 radical (unpaired) electrons. The Morgan fingerprint density at radius 1 is 1.06 bits per heavy atom. The molecule has 1 saturated heterocycles. The minimum Gasteiger partial charge on any atom is -0.335 e. The van der Waals surface area contributed by atoms with Crippen molar-refractivity contribution in [3.63, 3.8) is 0 Å². The number of hydrogen-bond acceptors (Lipinski definition) is 2. The molecule has 0 bridgehead atoms. The van der Waals surface area contributed by atoms with Crippen LogP contribution in [0, 0.1) is 5.92 Å². The molecule has 1 aliphatic heterocycles. The van der Waals surface area contributed by atoms with Gasteiger partial charge in [0.2, 0.25) is 0 Å². The van der Waals surface area contributed by atoms with Crippen molar-refractivity contribution in [1.29, 1.82) is 0 Å². The first-order valence-electron chi connectivity index (χ1n) is 6.59. The lowest BCUT2D eigenvalue weighted by Gasteiger charge is -2.34. The molecule has 3 rings (SSSR count). The minimum absolute atomic E-state index is 0.161. The van der Waals surface area contributed by atoms with Crippen LogP contribution in [0.4, 0.5) is 4.79 Å². The average molecular weight is 223 g/mol. The van der Waals surface area contributed by atoms with Crippen LogP contribution in [-0.4, -0.2) is 54.6 Å². The number of hydrogen-bond donors (Lipinski definition) is 1. The largest absolute Gasteiger partial charge is 0.335 e. The van der Waals surface area contributed by atoms with E-state index in [1.807, 2.05) is 4.90 Å². The van der Waals surface area contributed by atoms with Crippen molar-refractivity contribution in [3.05, 3.63) is 0 Å². The van der Waals surface area contributed by atoms with E-state index in [1.165, 1.54) is 32.2 Å². The molecule has 1 heterocycles. The number of carbonyl (C=O) groups is 1. The van der Waals surface area contributed by atoms with Crippen LogP contribution in [0.25, 0.3) is 0 Å². The van der Waals surface area contributed by atoms with E-state index in [0.717, 1.165) is 32.1 Å². The van der Waals surface area contributed by atoms with Crippen LogP contribution in [-0.2, 0) is 0 Å². The van der Waals surface area contributed by atoms with Crippen LogP contribution >= 0.6 is 0 Å². The van der Waals surface area contributed by atoms with Gasteiger partial charge in [0.1, 0.15) is 0 Å². The number of amides is 2. The van der Waals surface area contributed by atoms with Crippen LogP contribution in [0.1, 0.15) is 25.7 Å². The fourth-order valence-electron chi connectivity index (χ4n) is 2.29. The molecule has 2 saturated carbocycles. The zero-order valence-electron chi connectivity index (χ0n) is 9.82. The number of piperazine rings is 1. The molecule has 0 aromatic carbocycles. The molecule has 16 heavy (non-hydrogen) atoms. The molecule has 0 aromatic rings. The Hall–Kier alpha value is -0.770. The standard InChI is InChI=1S/C12H21N3O/c16-12(13-11-3-4-11)15-7-5-14(6-8-15)9-10-1-2-10/h10-11H,1-9H2,(H,13,16). The van der Waals surface area contributed by atoms with Gasteiger partial charge in [0, 0.05) is 38.8 Å². The van der Waals surface area contributed by atoms with Crippen molar-refractivity contribution < 1.29 is 4.79 Å². The Kier molecular flexibility index (Phi) is 2.75. The van der Waals surface area contributed by atoms with E-state index in [2.05, 4.69) is 10.2 Å². The highest BCUT2D eigenvalue weighted by Crippen LogP contribution is 2.29. The van der Waals surface area contributed by atoms with Gasteiger partial charge in [-0.2, -0.15) is 0 Å². The highest BCUT2D eigenvalue weighted by Gasteiger charge is 2.29. The number of nitrogens with one attached hydrogen (secondary N) is 1. The molecule has 1 N–H and O–H groups in total. The summed E-state index contributed by atoms with van der Waals surface area (Å²) >= 11 is 0. The van der Waals surface area contributed by atoms with Gasteiger partial charge in [-0.3, -0.25) is 4.90 Å². The maximum atomic E-state index is 11.8. The topological polar surface area (TPSA) is 35.6 Å². The first kappa shape index (κ1) is 10.4. The lowest BCUT2D eigenvalue weighted by molar-refractivity contribution is 0.136. The number of nitrogens with zero attached hydrogens (tertiary/aromatic N) is 2. The molecule has 0 atom stereocenters. The Labute approximate surface area is 97.0 Å². The second-order valence-electron chi connectivity index (χ2n) is 5.45. The van der Waals surface area contributed by atoms with Crippen LogP contribution in [0.5, 0.6) is 0 Å². The molecule has 90 valence electrons. The summed E-state index contributed by atoms with van der Waals surface area (Å²) in [6.45, 7) is 5.21. The lowest BCUT2D eigenvalue weighted by atomic mass is 10.3. The predicted molar refractivity (Wildman–Crippen MR) is 62.3 cm³/mol. The molecule has 0 unspecified atom stereocenters. The fraction of sp³-hybridized carbons (Fsp3) is 0.917. The second-order valence-corrected chi connectivity index (χ2v) is 5.45. The van der Waals surface area contributed by atoms with Gasteiger partial charge in [0.15, 0.2) is 0 Å². The van der Waals surface area contributed by atoms with Gasteiger partial charge < -0.3 is 10.2 Å². The van der Waals surface area contributed by atoms with Crippen molar-refractivity contribution in [3.8, 4) is 0 Å². The van der Waals surface area contributed by atoms with Crippen molar-refractivity contribution in [2.24, 2.45) is 5.92 Å². The first-order chi connectivity index (χ1) is 7.81. The van der Waals surface area contributed by atoms with Gasteiger partial charge in [-0.1, -0.05) is 0 Å². The average Bonchev–Trinajstić information content (AvgIpc) is 3.14. The van der Waals surface area contributed by atoms with Crippen molar-refractivity contribution in [2.75, 3.05) is 32.7 Å². The van der Waals surface area contributed by atoms with Gasteiger partial charge in [0.05, 0.1) is 0 Å². The first-order valence-corrected chi connectivity index (χ1v) is 6.59. The summed E-state index contributed by atoms with van der Waals surface area (Å²) in [5.41, 5.74) is 0. The van der Waals surface area contributed by atoms with E-state index in [4.69, 9.17) is 0 Å². The third-order valence-corrected chi connectivity index (χ3v) is 3.78. The molecule has 3 aliphatic rings. The fourth-order valence-corrected chi connectivity index (χ4v) is 2.29. The molecular formula is C12H21N3O. The van der Waals surface area contributed by atoms with E-state index in [0.29, 0.717) is 6.04 Å². The zero-order chi connectivity index (χ0) is 11.0. The summed E-state index contributed by atoms with van der Waals surface area (Å²) in [4.78, 5) is 16.3. The predicted octanol–water partition coefficient (Wildman–Crippen LogP) is 0.886. The van der Waals surface area contributed by atoms with Gasteiger partial charge in [-0.25, -0.2) is 4.79 Å². The maximum absolute atomic E-state index is 11.8. The van der Waals surface area contributed by atoms with Crippen LogP contribution in [0.3, 0.4) is 0 Å². The molecule has 0 spiro atoms. The molecule has 4 heteroatoms. The van der Waals surface area contributed by atoms with Gasteiger partial charge in [-0.05, 0) is 31.6 Å². The van der Waals surface area contributed by atoms with E-state index < -0.39 is 0 Å². The van der Waals surface area contributed by atoms with Crippen LogP contribution in [0.2, 0.25) is 0 Å². The summed E-state index contributed by atoms with van der Waals surface area (Å²) in [7, 11) is 0. The summed E-state index contributed by atoms with van der Waals surface area (Å²) in [6, 6.07) is 0.644. The highest BCUT2D eigenvalue weighted by atomic mass is 16.2. The Morgan fingerprint density at radius 3 is 2.31 bits per heavy atom. The number of carbonyl (C=O) groups excluding carboxylic acids is 1. The molecule has 2 aliphatic carbocycles. The Balaban J connectivity index is 1.40. The highest BCUT2D eigenvalue weighted by molar-refractivity contribution is 5.75. The number of rotatable bonds is 3. The van der Waals surface area contributed by atoms with Crippen molar-refractivity contribution in [2.45, 2.75) is 31.7 Å². The third kappa shape index (κ3) is 2.67. The van der Waals surface area contributed by atoms with Gasteiger partial charge >= 0.3 is 6.03 Å². The minimum atomic E-state index is 0.161. The molecule has 2 amide bonds. The summed E-state index contributed by atoms with van der Waals surface area (Å²) in [5.74, 6) is 0.965. The van der Waals surface area contributed by atoms with E-state index >= 15 is 0 Å². The quantitative estimate of drug-likeness (QED) is 0.771. The van der Waals surface area contributed by atoms with Gasteiger partial charge in [0.25, 0.3) is 0 Å². The summed E-state index contributed by atoms with van der Waals surface area (Å²) in [5, 5.41) is 3.06. The lowest BCUT2D eigenvalue weighted by Crippen LogP contribution is -2.52. The Bertz CT molecular complexity index is 265. The Morgan fingerprint density at radius 2 is 1.75 bits per heavy atom.